The van der Waals surface area contributed by atoms with E-state index < -0.39 is 11.7 Å². The van der Waals surface area contributed by atoms with Gasteiger partial charge in [-0.2, -0.15) is 13.2 Å². The van der Waals surface area contributed by atoms with Crippen molar-refractivity contribution < 1.29 is 27.5 Å². The summed E-state index contributed by atoms with van der Waals surface area (Å²) in [5, 5.41) is 5.05. The number of halogens is 3. The summed E-state index contributed by atoms with van der Waals surface area (Å²) in [6.07, 6.45) is -4.39. The highest BCUT2D eigenvalue weighted by Gasteiger charge is 2.29. The first-order valence-electron chi connectivity index (χ1n) is 7.67. The van der Waals surface area contributed by atoms with Gasteiger partial charge in [-0.3, -0.25) is 9.59 Å². The summed E-state index contributed by atoms with van der Waals surface area (Å²) < 4.78 is 42.6. The number of carbonyl (C=O) groups is 2. The summed E-state index contributed by atoms with van der Waals surface area (Å²) in [5.41, 5.74) is -0.755. The third-order valence-corrected chi connectivity index (χ3v) is 4.25. The maximum Gasteiger partial charge on any atom is 0.416 e. The van der Waals surface area contributed by atoms with Crippen LogP contribution in [0.1, 0.15) is 20.1 Å². The first-order valence-corrected chi connectivity index (χ1v) is 8.49. The highest BCUT2D eigenvalue weighted by atomic mass is 32.1. The second-order valence-electron chi connectivity index (χ2n) is 5.31. The Morgan fingerprint density at radius 3 is 2.35 bits per heavy atom. The lowest BCUT2D eigenvalue weighted by molar-refractivity contribution is -0.137. The van der Waals surface area contributed by atoms with Gasteiger partial charge in [0.2, 0.25) is 5.91 Å². The minimum Gasteiger partial charge on any atom is -0.492 e. The molecule has 1 aromatic carbocycles. The van der Waals surface area contributed by atoms with Gasteiger partial charge in [-0.25, -0.2) is 0 Å². The molecule has 9 heteroatoms. The fourth-order valence-corrected chi connectivity index (χ4v) is 2.75. The highest BCUT2D eigenvalue weighted by Crippen LogP contribution is 2.30. The number of nitrogens with one attached hydrogen (secondary N) is 2. The van der Waals surface area contributed by atoms with Gasteiger partial charge in [0.1, 0.15) is 12.4 Å². The molecule has 5 nitrogen and oxygen atoms in total. The Morgan fingerprint density at radius 2 is 1.77 bits per heavy atom. The van der Waals surface area contributed by atoms with Gasteiger partial charge in [0.05, 0.1) is 23.5 Å². The van der Waals surface area contributed by atoms with Gasteiger partial charge in [0.25, 0.3) is 5.91 Å². The van der Waals surface area contributed by atoms with Gasteiger partial charge in [-0.15, -0.1) is 11.3 Å². The molecule has 0 aliphatic carbocycles. The van der Waals surface area contributed by atoms with E-state index in [2.05, 4.69) is 10.6 Å². The molecule has 0 saturated carbocycles. The van der Waals surface area contributed by atoms with E-state index in [0.717, 1.165) is 17.0 Å². The first kappa shape index (κ1) is 19.8. The average Bonchev–Trinajstić information content (AvgIpc) is 3.03. The van der Waals surface area contributed by atoms with Crippen molar-refractivity contribution in [3.8, 4) is 5.75 Å². The Morgan fingerprint density at radius 1 is 1.08 bits per heavy atom. The summed E-state index contributed by atoms with van der Waals surface area (Å²) in [6.45, 7) is 1.96. The summed E-state index contributed by atoms with van der Waals surface area (Å²) in [4.78, 5) is 25.0. The van der Waals surface area contributed by atoms with E-state index in [1.54, 1.807) is 6.07 Å². The van der Waals surface area contributed by atoms with Crippen LogP contribution in [0.25, 0.3) is 0 Å². The quantitative estimate of drug-likeness (QED) is 0.719. The number of hydrogen-bond acceptors (Lipinski definition) is 4. The molecule has 0 radical (unpaired) electrons. The number of benzene rings is 1. The van der Waals surface area contributed by atoms with E-state index in [-0.39, 0.29) is 37.3 Å². The third-order valence-electron chi connectivity index (χ3n) is 3.25. The lowest BCUT2D eigenvalue weighted by Crippen LogP contribution is -2.38. The van der Waals surface area contributed by atoms with Crippen molar-refractivity contribution in [2.45, 2.75) is 13.1 Å². The largest absolute Gasteiger partial charge is 0.492 e. The number of hydrogen-bond donors (Lipinski definition) is 2. The number of thiophene rings is 1. The normalized spacial score (nSPS) is 11.1. The van der Waals surface area contributed by atoms with Crippen molar-refractivity contribution in [1.82, 2.24) is 10.6 Å². The Kier molecular flexibility index (Phi) is 6.62. The summed E-state index contributed by atoms with van der Waals surface area (Å²) in [6, 6.07) is 7.79. The van der Waals surface area contributed by atoms with Crippen LogP contribution in [-0.4, -0.2) is 31.5 Å². The second kappa shape index (κ2) is 8.70. The SMILES string of the molecule is Cc1ccc(C(=O)NCC(=O)NCCOc2ccc(C(F)(F)F)cc2)s1. The fraction of sp³-hybridized carbons (Fsp3) is 0.294. The van der Waals surface area contributed by atoms with E-state index >= 15 is 0 Å². The van der Waals surface area contributed by atoms with Gasteiger partial charge in [0, 0.05) is 4.88 Å². The Labute approximate surface area is 152 Å². The molecule has 2 N–H and O–H groups in total. The minimum absolute atomic E-state index is 0.0924. The molecule has 1 heterocycles. The Balaban J connectivity index is 1.65. The first-order chi connectivity index (χ1) is 12.3. The summed E-state index contributed by atoms with van der Waals surface area (Å²) >= 11 is 1.33. The van der Waals surface area contributed by atoms with Gasteiger partial charge in [-0.1, -0.05) is 0 Å². The summed E-state index contributed by atoms with van der Waals surface area (Å²) in [7, 11) is 0. The van der Waals surface area contributed by atoms with Gasteiger partial charge in [0.15, 0.2) is 0 Å². The molecule has 0 fully saturated rings. The fourth-order valence-electron chi connectivity index (χ4n) is 1.97. The molecule has 0 saturated heterocycles. The second-order valence-corrected chi connectivity index (χ2v) is 6.60. The van der Waals surface area contributed by atoms with Crippen LogP contribution in [0.15, 0.2) is 36.4 Å². The van der Waals surface area contributed by atoms with Crippen molar-refractivity contribution in [3.05, 3.63) is 51.7 Å². The van der Waals surface area contributed by atoms with Crippen LogP contribution in [0.2, 0.25) is 0 Å². The molecule has 1 aromatic heterocycles. The molecule has 0 atom stereocenters. The molecule has 26 heavy (non-hydrogen) atoms. The van der Waals surface area contributed by atoms with Gasteiger partial charge >= 0.3 is 6.18 Å². The van der Waals surface area contributed by atoms with E-state index in [1.807, 2.05) is 13.0 Å². The van der Waals surface area contributed by atoms with Crippen LogP contribution in [0.5, 0.6) is 5.75 Å². The number of alkyl halides is 3. The average molecular weight is 386 g/mol. The van der Waals surface area contributed by atoms with Crippen LogP contribution in [0, 0.1) is 6.92 Å². The molecule has 2 aromatic rings. The third kappa shape index (κ3) is 6.07. The summed E-state index contributed by atoms with van der Waals surface area (Å²) in [5.74, 6) is -0.435. The standard InChI is InChI=1S/C17H17F3N2O3S/c1-11-2-7-14(26-11)16(24)22-10-15(23)21-8-9-25-13-5-3-12(4-6-13)17(18,19)20/h2-7H,8-10H2,1H3,(H,21,23)(H,22,24). The number of rotatable bonds is 7. The molecule has 2 amide bonds. The predicted molar refractivity (Wildman–Crippen MR) is 91.3 cm³/mol. The van der Waals surface area contributed by atoms with Crippen LogP contribution in [-0.2, 0) is 11.0 Å². The molecule has 2 rings (SSSR count). The van der Waals surface area contributed by atoms with E-state index in [0.29, 0.717) is 4.88 Å². The van der Waals surface area contributed by atoms with Crippen molar-refractivity contribution >= 4 is 23.2 Å². The van der Waals surface area contributed by atoms with Gasteiger partial charge < -0.3 is 15.4 Å². The number of carbonyl (C=O) groups excluding carboxylic acids is 2. The van der Waals surface area contributed by atoms with E-state index in [9.17, 15) is 22.8 Å². The lowest BCUT2D eigenvalue weighted by atomic mass is 10.2. The van der Waals surface area contributed by atoms with E-state index in [1.165, 1.54) is 23.5 Å². The predicted octanol–water partition coefficient (Wildman–Crippen LogP) is 3.00. The van der Waals surface area contributed by atoms with Crippen LogP contribution < -0.4 is 15.4 Å². The monoisotopic (exact) mass is 386 g/mol. The Bertz CT molecular complexity index is 757. The smallest absolute Gasteiger partial charge is 0.416 e. The lowest BCUT2D eigenvalue weighted by Gasteiger charge is -2.10. The van der Waals surface area contributed by atoms with Crippen LogP contribution in [0.3, 0.4) is 0 Å². The van der Waals surface area contributed by atoms with Crippen LogP contribution >= 0.6 is 11.3 Å². The zero-order valence-corrected chi connectivity index (χ0v) is 14.7. The highest BCUT2D eigenvalue weighted by molar-refractivity contribution is 7.13. The van der Waals surface area contributed by atoms with Crippen molar-refractivity contribution in [3.63, 3.8) is 0 Å². The number of ether oxygens (including phenoxy) is 1. The molecule has 0 aliphatic rings. The van der Waals surface area contributed by atoms with Gasteiger partial charge in [-0.05, 0) is 43.3 Å². The molecule has 140 valence electrons. The van der Waals surface area contributed by atoms with Crippen LogP contribution in [0.4, 0.5) is 13.2 Å². The zero-order chi connectivity index (χ0) is 19.2. The zero-order valence-electron chi connectivity index (χ0n) is 13.9. The maximum atomic E-state index is 12.4. The topological polar surface area (TPSA) is 67.4 Å². The molecule has 0 unspecified atom stereocenters. The molecule has 0 bridgehead atoms. The molecule has 0 aliphatic heterocycles. The maximum absolute atomic E-state index is 12.4. The molecular weight excluding hydrogens is 369 g/mol. The van der Waals surface area contributed by atoms with E-state index in [4.69, 9.17) is 4.74 Å². The molecule has 0 spiro atoms. The Hall–Kier alpha value is -2.55. The number of aryl methyl sites for hydroxylation is 1. The van der Waals surface area contributed by atoms with Crippen molar-refractivity contribution in [1.29, 1.82) is 0 Å². The van der Waals surface area contributed by atoms with Crippen molar-refractivity contribution in [2.24, 2.45) is 0 Å². The van der Waals surface area contributed by atoms with Crippen molar-refractivity contribution in [2.75, 3.05) is 19.7 Å². The molecular formula is C17H17F3N2O3S. The minimum atomic E-state index is -4.39. The number of amides is 2.